The molecule has 0 aromatic rings. The Morgan fingerprint density at radius 2 is 2.00 bits per heavy atom. The van der Waals surface area contributed by atoms with E-state index >= 15 is 0 Å². The molecule has 1 aliphatic rings. The zero-order valence-corrected chi connectivity index (χ0v) is 12.3. The molecular formula is C14H26N4O. The third kappa shape index (κ3) is 4.26. The number of aliphatic imine (C=N–C) groups is 1. The summed E-state index contributed by atoms with van der Waals surface area (Å²) in [6, 6.07) is 0. The molecule has 0 spiro atoms. The second kappa shape index (κ2) is 6.59. The Labute approximate surface area is 115 Å². The van der Waals surface area contributed by atoms with Gasteiger partial charge in [-0.3, -0.25) is 9.79 Å². The first-order valence-electron chi connectivity index (χ1n) is 6.77. The van der Waals surface area contributed by atoms with Crippen LogP contribution in [-0.4, -0.2) is 44.0 Å². The second-order valence-electron chi connectivity index (χ2n) is 5.70. The maximum atomic E-state index is 12.3. The summed E-state index contributed by atoms with van der Waals surface area (Å²) in [7, 11) is 3.60. The number of hydrogen-bond acceptors (Lipinski definition) is 2. The van der Waals surface area contributed by atoms with Crippen LogP contribution in [0.4, 0.5) is 0 Å². The van der Waals surface area contributed by atoms with Gasteiger partial charge in [-0.25, -0.2) is 0 Å². The summed E-state index contributed by atoms with van der Waals surface area (Å²) in [6.45, 7) is 6.81. The normalized spacial score (nSPS) is 18.2. The summed E-state index contributed by atoms with van der Waals surface area (Å²) in [5, 5.41) is 2.99. The Bertz CT molecular complexity index is 368. The summed E-state index contributed by atoms with van der Waals surface area (Å²) < 4.78 is 0. The number of carbonyl (C=O) groups is 1. The minimum atomic E-state index is -0.348. The van der Waals surface area contributed by atoms with Gasteiger partial charge in [-0.05, 0) is 19.8 Å². The lowest BCUT2D eigenvalue weighted by atomic mass is 9.85. The van der Waals surface area contributed by atoms with Crippen LogP contribution in [0, 0.1) is 5.41 Å². The first kappa shape index (κ1) is 15.5. The fourth-order valence-corrected chi connectivity index (χ4v) is 2.50. The van der Waals surface area contributed by atoms with E-state index in [9.17, 15) is 4.79 Å². The molecule has 1 rings (SSSR count). The lowest BCUT2D eigenvalue weighted by molar-refractivity contribution is -0.138. The Hall–Kier alpha value is -1.52. The van der Waals surface area contributed by atoms with Gasteiger partial charge in [0.05, 0.1) is 12.0 Å². The lowest BCUT2D eigenvalue weighted by Crippen LogP contribution is -2.42. The largest absolute Gasteiger partial charge is 0.370 e. The van der Waals surface area contributed by atoms with Gasteiger partial charge in [0.2, 0.25) is 5.91 Å². The van der Waals surface area contributed by atoms with Crippen molar-refractivity contribution in [2.45, 2.75) is 32.6 Å². The fourth-order valence-electron chi connectivity index (χ4n) is 2.50. The minimum absolute atomic E-state index is 0.168. The number of nitrogens with two attached hydrogens (primary N) is 1. The van der Waals surface area contributed by atoms with Crippen LogP contribution in [0.2, 0.25) is 0 Å². The first-order valence-corrected chi connectivity index (χ1v) is 6.77. The van der Waals surface area contributed by atoms with E-state index in [2.05, 4.69) is 16.9 Å². The molecule has 19 heavy (non-hydrogen) atoms. The predicted molar refractivity (Wildman–Crippen MR) is 78.9 cm³/mol. The van der Waals surface area contributed by atoms with Crippen molar-refractivity contribution in [2.75, 3.05) is 27.2 Å². The highest BCUT2D eigenvalue weighted by Gasteiger charge is 2.41. The molecule has 0 aromatic heterocycles. The molecule has 0 radical (unpaired) electrons. The molecule has 0 heterocycles. The Balaban J connectivity index is 2.66. The van der Waals surface area contributed by atoms with E-state index in [0.717, 1.165) is 31.3 Å². The van der Waals surface area contributed by atoms with E-state index in [1.807, 2.05) is 6.92 Å². The van der Waals surface area contributed by atoms with Crippen LogP contribution in [0.15, 0.2) is 17.1 Å². The first-order chi connectivity index (χ1) is 8.87. The zero-order valence-electron chi connectivity index (χ0n) is 12.3. The summed E-state index contributed by atoms with van der Waals surface area (Å²) in [5.41, 5.74) is 6.46. The molecule has 0 aromatic carbocycles. The third-order valence-corrected chi connectivity index (χ3v) is 3.54. The van der Waals surface area contributed by atoms with E-state index in [4.69, 9.17) is 5.73 Å². The monoisotopic (exact) mass is 266 g/mol. The van der Waals surface area contributed by atoms with Crippen LogP contribution in [0.25, 0.3) is 0 Å². The number of carbonyl (C=O) groups excluding carboxylic acids is 1. The van der Waals surface area contributed by atoms with Gasteiger partial charge in [0.1, 0.15) is 0 Å². The van der Waals surface area contributed by atoms with Crippen LogP contribution < -0.4 is 11.1 Å². The van der Waals surface area contributed by atoms with Crippen LogP contribution in [0.5, 0.6) is 0 Å². The molecule has 108 valence electrons. The van der Waals surface area contributed by atoms with Crippen LogP contribution in [0.1, 0.15) is 32.6 Å². The average Bonchev–Trinajstić information content (AvgIpc) is 2.82. The van der Waals surface area contributed by atoms with Crippen molar-refractivity contribution >= 4 is 11.9 Å². The van der Waals surface area contributed by atoms with Crippen molar-refractivity contribution in [1.82, 2.24) is 10.2 Å². The molecule has 1 amide bonds. The molecule has 0 unspecified atom stereocenters. The van der Waals surface area contributed by atoms with Crippen LogP contribution in [0.3, 0.4) is 0 Å². The number of hydrogen-bond donors (Lipinski definition) is 2. The number of amides is 1. The molecule has 1 fully saturated rings. The van der Waals surface area contributed by atoms with Gasteiger partial charge >= 0.3 is 0 Å². The Kier molecular flexibility index (Phi) is 5.39. The van der Waals surface area contributed by atoms with Gasteiger partial charge in [-0.15, -0.1) is 0 Å². The highest BCUT2D eigenvalue weighted by molar-refractivity contribution is 5.84. The Morgan fingerprint density at radius 1 is 1.42 bits per heavy atom. The summed E-state index contributed by atoms with van der Waals surface area (Å²) in [4.78, 5) is 18.3. The van der Waals surface area contributed by atoms with E-state index < -0.39 is 0 Å². The van der Waals surface area contributed by atoms with Crippen molar-refractivity contribution < 1.29 is 4.79 Å². The predicted octanol–water partition coefficient (Wildman–Crippen LogP) is 1.12. The lowest BCUT2D eigenvalue weighted by Gasteiger charge is -2.29. The van der Waals surface area contributed by atoms with E-state index in [1.165, 1.54) is 0 Å². The summed E-state index contributed by atoms with van der Waals surface area (Å²) in [5.74, 6) is 0.558. The van der Waals surface area contributed by atoms with Crippen molar-refractivity contribution in [3.8, 4) is 0 Å². The molecule has 1 saturated carbocycles. The van der Waals surface area contributed by atoms with Gasteiger partial charge in [0.25, 0.3) is 0 Å². The standard InChI is InChI=1S/C14H26N4O/c1-11(2)9-16-13(15)17-10-14(7-5-6-8-14)12(19)18(3)4/h1,5-10H2,2-4H3,(H3,15,16,17). The average molecular weight is 266 g/mol. The maximum Gasteiger partial charge on any atom is 0.230 e. The quantitative estimate of drug-likeness (QED) is 0.445. The van der Waals surface area contributed by atoms with Gasteiger partial charge in [-0.1, -0.05) is 25.0 Å². The molecular weight excluding hydrogens is 240 g/mol. The maximum absolute atomic E-state index is 12.3. The summed E-state index contributed by atoms with van der Waals surface area (Å²) in [6.07, 6.45) is 3.99. The van der Waals surface area contributed by atoms with E-state index in [1.54, 1.807) is 19.0 Å². The SMILES string of the molecule is C=C(C)CNC(N)=NCC1(C(=O)N(C)C)CCCC1. The number of rotatable bonds is 5. The highest BCUT2D eigenvalue weighted by atomic mass is 16.2. The topological polar surface area (TPSA) is 70.7 Å². The van der Waals surface area contributed by atoms with E-state index in [0.29, 0.717) is 19.0 Å². The third-order valence-electron chi connectivity index (χ3n) is 3.54. The number of guanidine groups is 1. The van der Waals surface area contributed by atoms with Gasteiger partial charge in [-0.2, -0.15) is 0 Å². The summed E-state index contributed by atoms with van der Waals surface area (Å²) >= 11 is 0. The van der Waals surface area contributed by atoms with Crippen LogP contribution in [-0.2, 0) is 4.79 Å². The van der Waals surface area contributed by atoms with Crippen molar-refractivity contribution in [1.29, 1.82) is 0 Å². The van der Waals surface area contributed by atoms with Crippen LogP contribution >= 0.6 is 0 Å². The molecule has 5 nitrogen and oxygen atoms in total. The number of nitrogens with zero attached hydrogens (tertiary/aromatic N) is 2. The van der Waals surface area contributed by atoms with Gasteiger partial charge in [0.15, 0.2) is 5.96 Å². The molecule has 1 aliphatic carbocycles. The second-order valence-corrected chi connectivity index (χ2v) is 5.70. The zero-order chi connectivity index (χ0) is 14.5. The minimum Gasteiger partial charge on any atom is -0.370 e. The van der Waals surface area contributed by atoms with Gasteiger partial charge < -0.3 is 16.0 Å². The highest BCUT2D eigenvalue weighted by Crippen LogP contribution is 2.39. The van der Waals surface area contributed by atoms with Gasteiger partial charge in [0, 0.05) is 20.6 Å². The fraction of sp³-hybridized carbons (Fsp3) is 0.714. The molecule has 0 aliphatic heterocycles. The van der Waals surface area contributed by atoms with Crippen molar-refractivity contribution in [3.63, 3.8) is 0 Å². The van der Waals surface area contributed by atoms with Crippen molar-refractivity contribution in [3.05, 3.63) is 12.2 Å². The van der Waals surface area contributed by atoms with E-state index in [-0.39, 0.29) is 11.3 Å². The van der Waals surface area contributed by atoms with Crippen molar-refractivity contribution in [2.24, 2.45) is 16.1 Å². The number of nitrogens with one attached hydrogen (secondary N) is 1. The molecule has 5 heteroatoms. The molecule has 0 saturated heterocycles. The smallest absolute Gasteiger partial charge is 0.230 e. The Morgan fingerprint density at radius 3 is 2.47 bits per heavy atom. The molecule has 0 bridgehead atoms. The molecule has 0 atom stereocenters. The molecule has 3 N–H and O–H groups in total.